The minimum absolute atomic E-state index is 0.228. The first-order valence-electron chi connectivity index (χ1n) is 6.02. The van der Waals surface area contributed by atoms with E-state index in [1.165, 1.54) is 5.56 Å². The molecule has 4 nitrogen and oxygen atoms in total. The van der Waals surface area contributed by atoms with Gasteiger partial charge in [0.1, 0.15) is 5.82 Å². The minimum atomic E-state index is -0.955. The van der Waals surface area contributed by atoms with Gasteiger partial charge in [-0.2, -0.15) is 0 Å². The van der Waals surface area contributed by atoms with Gasteiger partial charge in [0, 0.05) is 5.69 Å². The van der Waals surface area contributed by atoms with Crippen molar-refractivity contribution in [1.29, 1.82) is 0 Å². The topological polar surface area (TPSA) is 62.2 Å². The van der Waals surface area contributed by atoms with E-state index in [1.807, 2.05) is 26.0 Å². The molecule has 0 unspecified atom stereocenters. The highest BCUT2D eigenvalue weighted by molar-refractivity contribution is 5.89. The van der Waals surface area contributed by atoms with E-state index in [-0.39, 0.29) is 5.56 Å². The Hall–Kier alpha value is -2.36. The van der Waals surface area contributed by atoms with Gasteiger partial charge in [-0.1, -0.05) is 17.7 Å². The molecular formula is C15H16N2O2. The van der Waals surface area contributed by atoms with Gasteiger partial charge in [0.2, 0.25) is 0 Å². The molecule has 0 aliphatic rings. The van der Waals surface area contributed by atoms with E-state index in [2.05, 4.69) is 16.4 Å². The van der Waals surface area contributed by atoms with E-state index < -0.39 is 5.97 Å². The zero-order chi connectivity index (χ0) is 14.0. The van der Waals surface area contributed by atoms with Crippen molar-refractivity contribution in [3.63, 3.8) is 0 Å². The van der Waals surface area contributed by atoms with Crippen molar-refractivity contribution >= 4 is 17.5 Å². The standard InChI is InChI=1S/C15H16N2O2/c1-9-4-6-13(10(2)8-9)17-14-7-5-12(15(18)19)11(3)16-14/h4-8H,1-3H3,(H,16,17)(H,18,19). The van der Waals surface area contributed by atoms with Gasteiger partial charge < -0.3 is 10.4 Å². The van der Waals surface area contributed by atoms with Gasteiger partial charge in [0.25, 0.3) is 0 Å². The van der Waals surface area contributed by atoms with Gasteiger partial charge >= 0.3 is 5.97 Å². The Labute approximate surface area is 112 Å². The van der Waals surface area contributed by atoms with Crippen LogP contribution in [0.1, 0.15) is 27.2 Å². The number of benzene rings is 1. The van der Waals surface area contributed by atoms with E-state index in [0.717, 1.165) is 11.3 Å². The molecule has 2 rings (SSSR count). The lowest BCUT2D eigenvalue weighted by Crippen LogP contribution is -2.04. The largest absolute Gasteiger partial charge is 0.478 e. The highest BCUT2D eigenvalue weighted by atomic mass is 16.4. The van der Waals surface area contributed by atoms with Crippen LogP contribution in [0.5, 0.6) is 0 Å². The highest BCUT2D eigenvalue weighted by Crippen LogP contribution is 2.21. The number of carboxylic acids is 1. The Balaban J connectivity index is 2.29. The Morgan fingerprint density at radius 2 is 1.89 bits per heavy atom. The van der Waals surface area contributed by atoms with E-state index in [0.29, 0.717) is 11.5 Å². The average molecular weight is 256 g/mol. The van der Waals surface area contributed by atoms with Crippen molar-refractivity contribution < 1.29 is 9.90 Å². The number of carboxylic acid groups (broad SMARTS) is 1. The monoisotopic (exact) mass is 256 g/mol. The van der Waals surface area contributed by atoms with Crippen LogP contribution >= 0.6 is 0 Å². The number of aryl methyl sites for hydroxylation is 3. The van der Waals surface area contributed by atoms with Crippen LogP contribution in [0.2, 0.25) is 0 Å². The van der Waals surface area contributed by atoms with Gasteiger partial charge in [0.15, 0.2) is 0 Å². The second-order valence-electron chi connectivity index (χ2n) is 4.58. The van der Waals surface area contributed by atoms with Crippen molar-refractivity contribution in [3.05, 3.63) is 52.7 Å². The van der Waals surface area contributed by atoms with Gasteiger partial charge in [0.05, 0.1) is 11.3 Å². The van der Waals surface area contributed by atoms with E-state index in [9.17, 15) is 4.79 Å². The normalized spacial score (nSPS) is 10.3. The molecule has 0 aliphatic heterocycles. The summed E-state index contributed by atoms with van der Waals surface area (Å²) in [6, 6.07) is 9.34. The van der Waals surface area contributed by atoms with Crippen LogP contribution in [0, 0.1) is 20.8 Å². The van der Waals surface area contributed by atoms with Crippen LogP contribution in [0.25, 0.3) is 0 Å². The molecule has 1 aromatic carbocycles. The maximum atomic E-state index is 10.9. The van der Waals surface area contributed by atoms with Crippen LogP contribution < -0.4 is 5.32 Å². The minimum Gasteiger partial charge on any atom is -0.478 e. The van der Waals surface area contributed by atoms with E-state index in [4.69, 9.17) is 5.11 Å². The fourth-order valence-electron chi connectivity index (χ4n) is 1.95. The average Bonchev–Trinajstić information content (AvgIpc) is 2.32. The zero-order valence-electron chi connectivity index (χ0n) is 11.2. The molecule has 98 valence electrons. The highest BCUT2D eigenvalue weighted by Gasteiger charge is 2.09. The molecule has 0 saturated carbocycles. The molecule has 1 heterocycles. The lowest BCUT2D eigenvalue weighted by atomic mass is 10.1. The summed E-state index contributed by atoms with van der Waals surface area (Å²) in [6.07, 6.45) is 0. The molecule has 2 aromatic rings. The van der Waals surface area contributed by atoms with Gasteiger partial charge in [-0.05, 0) is 44.5 Å². The molecule has 0 atom stereocenters. The molecule has 1 aromatic heterocycles. The number of carbonyl (C=O) groups is 1. The zero-order valence-corrected chi connectivity index (χ0v) is 11.2. The Kier molecular flexibility index (Phi) is 3.51. The van der Waals surface area contributed by atoms with Crippen molar-refractivity contribution in [2.45, 2.75) is 20.8 Å². The quantitative estimate of drug-likeness (QED) is 0.883. The maximum Gasteiger partial charge on any atom is 0.337 e. The summed E-state index contributed by atoms with van der Waals surface area (Å²) >= 11 is 0. The number of anilines is 2. The molecule has 0 spiro atoms. The van der Waals surface area contributed by atoms with Crippen LogP contribution in [-0.2, 0) is 0 Å². The summed E-state index contributed by atoms with van der Waals surface area (Å²) in [6.45, 7) is 5.76. The summed E-state index contributed by atoms with van der Waals surface area (Å²) in [4.78, 5) is 15.2. The maximum absolute atomic E-state index is 10.9. The van der Waals surface area contributed by atoms with Crippen LogP contribution in [0.15, 0.2) is 30.3 Å². The SMILES string of the molecule is Cc1ccc(Nc2ccc(C(=O)O)c(C)n2)c(C)c1. The third-order valence-electron chi connectivity index (χ3n) is 2.96. The molecule has 0 radical (unpaired) electrons. The number of aromatic nitrogens is 1. The summed E-state index contributed by atoms with van der Waals surface area (Å²) in [5.41, 5.74) is 4.03. The van der Waals surface area contributed by atoms with Crippen molar-refractivity contribution in [3.8, 4) is 0 Å². The lowest BCUT2D eigenvalue weighted by Gasteiger charge is -2.10. The van der Waals surface area contributed by atoms with Gasteiger partial charge in [-0.3, -0.25) is 0 Å². The third kappa shape index (κ3) is 2.91. The molecule has 2 N–H and O–H groups in total. The number of aromatic carboxylic acids is 1. The molecule has 0 bridgehead atoms. The number of nitrogens with one attached hydrogen (secondary N) is 1. The molecular weight excluding hydrogens is 240 g/mol. The molecule has 4 heteroatoms. The number of pyridine rings is 1. The molecule has 19 heavy (non-hydrogen) atoms. The van der Waals surface area contributed by atoms with Crippen LogP contribution in [0.4, 0.5) is 11.5 Å². The van der Waals surface area contributed by atoms with Crippen molar-refractivity contribution in [2.24, 2.45) is 0 Å². The van der Waals surface area contributed by atoms with Gasteiger partial charge in [-0.25, -0.2) is 9.78 Å². The first-order chi connectivity index (χ1) is 8.97. The second kappa shape index (κ2) is 5.10. The van der Waals surface area contributed by atoms with Crippen molar-refractivity contribution in [2.75, 3.05) is 5.32 Å². The number of rotatable bonds is 3. The smallest absolute Gasteiger partial charge is 0.337 e. The molecule has 0 fully saturated rings. The fraction of sp³-hybridized carbons (Fsp3) is 0.200. The molecule has 0 saturated heterocycles. The summed E-state index contributed by atoms with van der Waals surface area (Å²) < 4.78 is 0. The number of hydrogen-bond donors (Lipinski definition) is 2. The predicted molar refractivity (Wildman–Crippen MR) is 75.1 cm³/mol. The second-order valence-corrected chi connectivity index (χ2v) is 4.58. The molecule has 0 aliphatic carbocycles. The Morgan fingerprint density at radius 3 is 2.47 bits per heavy atom. The third-order valence-corrected chi connectivity index (χ3v) is 2.96. The summed E-state index contributed by atoms with van der Waals surface area (Å²) in [5.74, 6) is -0.308. The first-order valence-corrected chi connectivity index (χ1v) is 6.02. The Bertz CT molecular complexity index is 636. The van der Waals surface area contributed by atoms with E-state index >= 15 is 0 Å². The number of nitrogens with zero attached hydrogens (tertiary/aromatic N) is 1. The van der Waals surface area contributed by atoms with Gasteiger partial charge in [-0.15, -0.1) is 0 Å². The molecule has 0 amide bonds. The van der Waals surface area contributed by atoms with Crippen LogP contribution in [-0.4, -0.2) is 16.1 Å². The summed E-state index contributed by atoms with van der Waals surface area (Å²) in [7, 11) is 0. The first kappa shape index (κ1) is 13.1. The van der Waals surface area contributed by atoms with Crippen molar-refractivity contribution in [1.82, 2.24) is 4.98 Å². The van der Waals surface area contributed by atoms with E-state index in [1.54, 1.807) is 19.1 Å². The summed E-state index contributed by atoms with van der Waals surface area (Å²) in [5, 5.41) is 12.2. The number of hydrogen-bond acceptors (Lipinski definition) is 3. The predicted octanol–water partition coefficient (Wildman–Crippen LogP) is 3.45. The Morgan fingerprint density at radius 1 is 1.16 bits per heavy atom. The fourth-order valence-corrected chi connectivity index (χ4v) is 1.95. The van der Waals surface area contributed by atoms with Crippen LogP contribution in [0.3, 0.4) is 0 Å². The lowest BCUT2D eigenvalue weighted by molar-refractivity contribution is 0.0695.